The fraction of sp³-hybridized carbons (Fsp3) is 0.474. The van der Waals surface area contributed by atoms with E-state index in [0.29, 0.717) is 16.4 Å². The highest BCUT2D eigenvalue weighted by atomic mass is 32.2. The summed E-state index contributed by atoms with van der Waals surface area (Å²) in [6.07, 6.45) is 4.08. The highest BCUT2D eigenvalue weighted by Gasteiger charge is 2.50. The van der Waals surface area contributed by atoms with Crippen LogP contribution in [-0.2, 0) is 9.59 Å². The Hall–Kier alpha value is -2.35. The molecular weight excluding hydrogens is 368 g/mol. The van der Waals surface area contributed by atoms with Crippen molar-refractivity contribution in [2.75, 3.05) is 0 Å². The zero-order valence-corrected chi connectivity index (χ0v) is 16.4. The van der Waals surface area contributed by atoms with E-state index in [1.54, 1.807) is 0 Å². The van der Waals surface area contributed by atoms with E-state index >= 15 is 0 Å². The number of rotatable bonds is 9. The molecule has 0 aromatic carbocycles. The quantitative estimate of drug-likeness (QED) is 0.435. The minimum atomic E-state index is -1.19. The molecule has 1 unspecified atom stereocenters. The maximum absolute atomic E-state index is 12.4. The summed E-state index contributed by atoms with van der Waals surface area (Å²) in [6, 6.07) is 2.95. The topological polar surface area (TPSA) is 117 Å². The smallest absolute Gasteiger partial charge is 0.353 e. The number of aromatic nitrogens is 1. The Kier molecular flexibility index (Phi) is 6.64. The largest absolute Gasteiger partial charge is 0.478 e. The van der Waals surface area contributed by atoms with Crippen molar-refractivity contribution in [1.82, 2.24) is 10.3 Å². The van der Waals surface area contributed by atoms with E-state index in [-0.39, 0.29) is 28.5 Å². The fourth-order valence-electron chi connectivity index (χ4n) is 2.63. The van der Waals surface area contributed by atoms with Crippen LogP contribution in [0.3, 0.4) is 0 Å². The molecule has 1 aliphatic rings. The number of pyridine rings is 1. The molecular formula is C19H24N2O5S. The molecule has 146 valence electrons. The van der Waals surface area contributed by atoms with Gasteiger partial charge in [-0.2, -0.15) is 0 Å². The van der Waals surface area contributed by atoms with E-state index in [1.165, 1.54) is 18.3 Å². The number of amides is 1. The van der Waals surface area contributed by atoms with Crippen molar-refractivity contribution in [3.8, 4) is 0 Å². The molecule has 0 saturated heterocycles. The van der Waals surface area contributed by atoms with Crippen LogP contribution in [0, 0.1) is 11.3 Å². The summed E-state index contributed by atoms with van der Waals surface area (Å²) in [7, 11) is 0. The van der Waals surface area contributed by atoms with E-state index in [4.69, 9.17) is 5.11 Å². The Morgan fingerprint density at radius 1 is 1.30 bits per heavy atom. The van der Waals surface area contributed by atoms with Crippen LogP contribution in [0.5, 0.6) is 0 Å². The van der Waals surface area contributed by atoms with E-state index in [9.17, 15) is 19.5 Å². The number of aliphatic carboxylic acids is 1. The maximum atomic E-state index is 12.4. The summed E-state index contributed by atoms with van der Waals surface area (Å²) in [5.74, 6) is -2.73. The third kappa shape index (κ3) is 5.56. The molecule has 27 heavy (non-hydrogen) atoms. The number of hydrogen-bond acceptors (Lipinski definition) is 5. The zero-order valence-electron chi connectivity index (χ0n) is 15.6. The van der Waals surface area contributed by atoms with Crippen LogP contribution >= 0.6 is 11.8 Å². The van der Waals surface area contributed by atoms with Crippen LogP contribution in [0.4, 0.5) is 0 Å². The predicted octanol–water partition coefficient (Wildman–Crippen LogP) is 3.52. The first-order valence-corrected chi connectivity index (χ1v) is 9.62. The minimum absolute atomic E-state index is 0.0566. The van der Waals surface area contributed by atoms with E-state index in [1.807, 2.05) is 20.8 Å². The monoisotopic (exact) mass is 392 g/mol. The highest BCUT2D eigenvalue weighted by molar-refractivity contribution is 8.03. The standard InChI is InChI=1S/C19H24N2O5S/c1-4-5-6-13(27-14-8-7-11(10-20-14)17(23)24)15(18(25)26)21-16(22)12-9-19(12,2)3/h7-8,10,12H,4-6,9H2,1-3H3,(H,21,22)(H,23,24)(H,25,26)/b15-13-. The van der Waals surface area contributed by atoms with Gasteiger partial charge in [-0.25, -0.2) is 14.6 Å². The zero-order chi connectivity index (χ0) is 20.2. The molecule has 0 bridgehead atoms. The van der Waals surface area contributed by atoms with Crippen LogP contribution in [0.1, 0.15) is 56.8 Å². The van der Waals surface area contributed by atoms with Crippen LogP contribution in [0.15, 0.2) is 34.0 Å². The third-order valence-corrected chi connectivity index (χ3v) is 5.64. The molecule has 1 aliphatic carbocycles. The molecule has 1 atom stereocenters. The summed E-state index contributed by atoms with van der Waals surface area (Å²) >= 11 is 1.14. The predicted molar refractivity (Wildman–Crippen MR) is 101 cm³/mol. The summed E-state index contributed by atoms with van der Waals surface area (Å²) in [6.45, 7) is 5.94. The Balaban J connectivity index is 2.26. The van der Waals surface area contributed by atoms with Crippen molar-refractivity contribution in [1.29, 1.82) is 0 Å². The number of carbonyl (C=O) groups excluding carboxylic acids is 1. The number of carboxylic acid groups (broad SMARTS) is 2. The van der Waals surface area contributed by atoms with Crippen LogP contribution < -0.4 is 5.32 Å². The van der Waals surface area contributed by atoms with Gasteiger partial charge in [0, 0.05) is 17.0 Å². The first kappa shape index (κ1) is 21.0. The van der Waals surface area contributed by atoms with E-state index in [2.05, 4.69) is 10.3 Å². The molecule has 1 fully saturated rings. The number of carbonyl (C=O) groups is 3. The highest BCUT2D eigenvalue weighted by Crippen LogP contribution is 2.51. The minimum Gasteiger partial charge on any atom is -0.478 e. The lowest BCUT2D eigenvalue weighted by Crippen LogP contribution is -2.30. The lowest BCUT2D eigenvalue weighted by atomic mass is 10.1. The lowest BCUT2D eigenvalue weighted by Gasteiger charge is -2.13. The van der Waals surface area contributed by atoms with Gasteiger partial charge in [0.2, 0.25) is 5.91 Å². The Bertz CT molecular complexity index is 771. The van der Waals surface area contributed by atoms with Gasteiger partial charge in [-0.15, -0.1) is 0 Å². The Morgan fingerprint density at radius 3 is 2.41 bits per heavy atom. The second-order valence-corrected chi connectivity index (χ2v) is 8.35. The van der Waals surface area contributed by atoms with Gasteiger partial charge in [0.05, 0.1) is 5.56 Å². The van der Waals surface area contributed by atoms with Gasteiger partial charge in [0.25, 0.3) is 0 Å². The molecule has 1 heterocycles. The molecule has 3 N–H and O–H groups in total. The molecule has 0 radical (unpaired) electrons. The van der Waals surface area contributed by atoms with Crippen molar-refractivity contribution >= 4 is 29.6 Å². The molecule has 8 heteroatoms. The SMILES string of the molecule is CCCC/C(Sc1ccc(C(=O)O)cn1)=C(/NC(=O)C1CC1(C)C)C(=O)O. The first-order chi connectivity index (χ1) is 12.7. The van der Waals surface area contributed by atoms with Crippen molar-refractivity contribution < 1.29 is 24.6 Å². The maximum Gasteiger partial charge on any atom is 0.353 e. The van der Waals surface area contributed by atoms with Crippen molar-refractivity contribution in [2.24, 2.45) is 11.3 Å². The molecule has 1 amide bonds. The lowest BCUT2D eigenvalue weighted by molar-refractivity contribution is -0.135. The van der Waals surface area contributed by atoms with E-state index in [0.717, 1.165) is 31.0 Å². The summed E-state index contributed by atoms with van der Waals surface area (Å²) < 4.78 is 0. The second kappa shape index (κ2) is 8.56. The summed E-state index contributed by atoms with van der Waals surface area (Å²) in [4.78, 5) is 39.7. The van der Waals surface area contributed by atoms with Gasteiger partial charge in [-0.1, -0.05) is 39.0 Å². The van der Waals surface area contributed by atoms with Gasteiger partial charge >= 0.3 is 11.9 Å². The van der Waals surface area contributed by atoms with Gasteiger partial charge in [0.1, 0.15) is 10.7 Å². The number of hydrogen-bond donors (Lipinski definition) is 3. The average Bonchev–Trinajstić information content (AvgIpc) is 3.25. The number of thioether (sulfide) groups is 1. The molecule has 2 rings (SSSR count). The molecule has 1 aromatic rings. The number of nitrogens with one attached hydrogen (secondary N) is 1. The summed E-state index contributed by atoms with van der Waals surface area (Å²) in [5.41, 5.74) is -0.162. The van der Waals surface area contributed by atoms with Crippen molar-refractivity contribution in [3.05, 3.63) is 34.5 Å². The molecule has 0 spiro atoms. The van der Waals surface area contributed by atoms with Gasteiger partial charge in [-0.05, 0) is 36.8 Å². The molecule has 7 nitrogen and oxygen atoms in total. The van der Waals surface area contributed by atoms with Gasteiger partial charge in [-0.3, -0.25) is 4.79 Å². The number of carboxylic acids is 2. The van der Waals surface area contributed by atoms with Crippen LogP contribution in [0.25, 0.3) is 0 Å². The number of allylic oxidation sites excluding steroid dienone is 1. The molecule has 1 aromatic heterocycles. The fourth-order valence-corrected chi connectivity index (χ4v) is 3.61. The van der Waals surface area contributed by atoms with Gasteiger partial charge in [0.15, 0.2) is 0 Å². The van der Waals surface area contributed by atoms with E-state index < -0.39 is 11.9 Å². The third-order valence-electron chi connectivity index (χ3n) is 4.54. The van der Waals surface area contributed by atoms with Crippen molar-refractivity contribution in [3.63, 3.8) is 0 Å². The normalized spacial score (nSPS) is 18.4. The van der Waals surface area contributed by atoms with Crippen LogP contribution in [-0.4, -0.2) is 33.0 Å². The summed E-state index contributed by atoms with van der Waals surface area (Å²) in [5, 5.41) is 21.7. The average molecular weight is 392 g/mol. The van der Waals surface area contributed by atoms with Crippen molar-refractivity contribution in [2.45, 2.75) is 51.5 Å². The Morgan fingerprint density at radius 2 is 1.96 bits per heavy atom. The first-order valence-electron chi connectivity index (χ1n) is 8.80. The number of aromatic carboxylic acids is 1. The van der Waals surface area contributed by atoms with Crippen LogP contribution in [0.2, 0.25) is 0 Å². The Labute approximate surface area is 162 Å². The molecule has 0 aliphatic heterocycles. The number of nitrogens with zero attached hydrogens (tertiary/aromatic N) is 1. The van der Waals surface area contributed by atoms with Gasteiger partial charge < -0.3 is 15.5 Å². The molecule has 1 saturated carbocycles. The second-order valence-electron chi connectivity index (χ2n) is 7.23. The number of unbranched alkanes of at least 4 members (excludes halogenated alkanes) is 1.